The van der Waals surface area contributed by atoms with Crippen molar-refractivity contribution in [3.05, 3.63) is 52.8 Å². The number of likely N-dealkylation sites (tertiary alicyclic amines) is 1. The fraction of sp³-hybridized carbons (Fsp3) is 0.350. The van der Waals surface area contributed by atoms with Gasteiger partial charge in [-0.1, -0.05) is 6.07 Å². The zero-order valence-electron chi connectivity index (χ0n) is 15.0. The van der Waals surface area contributed by atoms with Gasteiger partial charge in [0.2, 0.25) is 23.2 Å². The number of halogens is 1. The van der Waals surface area contributed by atoms with Gasteiger partial charge in [-0.05, 0) is 50.6 Å². The molecule has 4 rings (SSSR count). The van der Waals surface area contributed by atoms with Crippen molar-refractivity contribution >= 4 is 11.6 Å². The van der Waals surface area contributed by atoms with Gasteiger partial charge >= 0.3 is 0 Å². The van der Waals surface area contributed by atoms with Crippen molar-refractivity contribution in [3.63, 3.8) is 0 Å². The van der Waals surface area contributed by atoms with Crippen LogP contribution in [0.1, 0.15) is 39.4 Å². The number of ketones is 2. The van der Waals surface area contributed by atoms with Crippen LogP contribution in [0.5, 0.6) is 0 Å². The van der Waals surface area contributed by atoms with Crippen LogP contribution >= 0.6 is 0 Å². The Hall–Kier alpha value is -2.80. The lowest BCUT2D eigenvalue weighted by molar-refractivity contribution is 0.0956. The van der Waals surface area contributed by atoms with E-state index in [9.17, 15) is 14.0 Å². The summed E-state index contributed by atoms with van der Waals surface area (Å²) in [4.78, 5) is 31.4. The van der Waals surface area contributed by atoms with Gasteiger partial charge in [-0.15, -0.1) is 0 Å². The highest BCUT2D eigenvalue weighted by atomic mass is 19.1. The average Bonchev–Trinajstić information content (AvgIpc) is 3.31. The van der Waals surface area contributed by atoms with Gasteiger partial charge in [-0.3, -0.25) is 9.59 Å². The predicted octanol–water partition coefficient (Wildman–Crippen LogP) is 2.74. The normalized spacial score (nSPS) is 17.2. The van der Waals surface area contributed by atoms with Crippen molar-refractivity contribution in [3.8, 4) is 11.5 Å². The van der Waals surface area contributed by atoms with Gasteiger partial charge in [0.15, 0.2) is 5.69 Å². The molecule has 0 amide bonds. The number of benzene rings is 1. The maximum atomic E-state index is 13.8. The van der Waals surface area contributed by atoms with Crippen LogP contribution in [0.4, 0.5) is 4.39 Å². The average molecular weight is 369 g/mol. The smallest absolute Gasteiger partial charge is 0.246 e. The van der Waals surface area contributed by atoms with E-state index < -0.39 is 17.4 Å². The standard InChI is InChI=1S/C20H20FN3O3/c1-12-4-5-13(10-14(12)21)20-23-17-16(25)11-15(18(26)19(17)27-20)22-6-9-24-7-2-3-8-24/h4-5,10-11,22H,2-3,6-9H2,1H3. The fourth-order valence-electron chi connectivity index (χ4n) is 3.36. The van der Waals surface area contributed by atoms with Crippen LogP contribution in [0.15, 0.2) is 34.4 Å². The number of hydrogen-bond donors (Lipinski definition) is 1. The number of aromatic nitrogens is 1. The Kier molecular flexibility index (Phi) is 4.61. The quantitative estimate of drug-likeness (QED) is 0.873. The molecule has 1 fully saturated rings. The van der Waals surface area contributed by atoms with E-state index in [1.807, 2.05) is 0 Å². The Morgan fingerprint density at radius 2 is 2.04 bits per heavy atom. The number of fused-ring (bicyclic) bond motifs is 1. The fourth-order valence-corrected chi connectivity index (χ4v) is 3.36. The number of hydrogen-bond acceptors (Lipinski definition) is 6. The molecule has 1 aromatic heterocycles. The summed E-state index contributed by atoms with van der Waals surface area (Å²) >= 11 is 0. The van der Waals surface area contributed by atoms with E-state index in [1.54, 1.807) is 19.1 Å². The van der Waals surface area contributed by atoms with Crippen molar-refractivity contribution < 1.29 is 18.4 Å². The van der Waals surface area contributed by atoms with Crippen molar-refractivity contribution in [1.29, 1.82) is 0 Å². The first-order valence-electron chi connectivity index (χ1n) is 9.07. The third-order valence-electron chi connectivity index (χ3n) is 4.95. The van der Waals surface area contributed by atoms with E-state index in [0.29, 0.717) is 17.7 Å². The molecule has 1 aliphatic heterocycles. The lowest BCUT2D eigenvalue weighted by Crippen LogP contribution is -2.33. The van der Waals surface area contributed by atoms with Gasteiger partial charge in [0, 0.05) is 24.7 Å². The summed E-state index contributed by atoms with van der Waals surface area (Å²) in [5.41, 5.74) is 1.07. The molecule has 0 atom stereocenters. The maximum Gasteiger partial charge on any atom is 0.246 e. The number of Topliss-reactive ketones (excluding diaryl/α,β-unsaturated/α-hetero) is 1. The number of aryl methyl sites for hydroxylation is 1. The highest BCUT2D eigenvalue weighted by molar-refractivity contribution is 6.22. The summed E-state index contributed by atoms with van der Waals surface area (Å²) in [6, 6.07) is 4.53. The molecule has 1 aromatic carbocycles. The second-order valence-corrected chi connectivity index (χ2v) is 6.89. The SMILES string of the molecule is Cc1ccc(-c2nc3c(o2)C(=O)C(NCCN2CCCC2)=CC3=O)cc1F. The summed E-state index contributed by atoms with van der Waals surface area (Å²) in [6.45, 7) is 5.17. The Bertz CT molecular complexity index is 942. The van der Waals surface area contributed by atoms with Crippen LogP contribution in [-0.4, -0.2) is 47.6 Å². The van der Waals surface area contributed by atoms with Crippen LogP contribution in [-0.2, 0) is 0 Å². The molecule has 1 N–H and O–H groups in total. The molecule has 2 heterocycles. The topological polar surface area (TPSA) is 75.4 Å². The second-order valence-electron chi connectivity index (χ2n) is 6.89. The molecule has 7 heteroatoms. The first kappa shape index (κ1) is 17.6. The van der Waals surface area contributed by atoms with Crippen LogP contribution in [0, 0.1) is 12.7 Å². The van der Waals surface area contributed by atoms with E-state index in [4.69, 9.17) is 4.42 Å². The molecule has 0 bridgehead atoms. The first-order chi connectivity index (χ1) is 13.0. The minimum absolute atomic E-state index is 0.0268. The molecule has 2 aliphatic rings. The molecular weight excluding hydrogens is 349 g/mol. The lowest BCUT2D eigenvalue weighted by atomic mass is 10.0. The van der Waals surface area contributed by atoms with Gasteiger partial charge in [-0.25, -0.2) is 9.37 Å². The van der Waals surface area contributed by atoms with E-state index in [-0.39, 0.29) is 23.0 Å². The molecule has 0 saturated carbocycles. The summed E-state index contributed by atoms with van der Waals surface area (Å²) in [6.07, 6.45) is 3.66. The van der Waals surface area contributed by atoms with Crippen molar-refractivity contribution in [1.82, 2.24) is 15.2 Å². The third kappa shape index (κ3) is 3.42. The zero-order chi connectivity index (χ0) is 19.0. The molecule has 140 valence electrons. The number of oxazole rings is 1. The molecular formula is C20H20FN3O3. The molecule has 2 aromatic rings. The van der Waals surface area contributed by atoms with E-state index >= 15 is 0 Å². The minimum Gasteiger partial charge on any atom is -0.432 e. The summed E-state index contributed by atoms with van der Waals surface area (Å²) in [5.74, 6) is -1.23. The Morgan fingerprint density at radius 1 is 1.26 bits per heavy atom. The maximum absolute atomic E-state index is 13.8. The molecule has 0 spiro atoms. The highest BCUT2D eigenvalue weighted by Crippen LogP contribution is 2.28. The van der Waals surface area contributed by atoms with Crippen LogP contribution < -0.4 is 5.32 Å². The highest BCUT2D eigenvalue weighted by Gasteiger charge is 2.32. The third-order valence-corrected chi connectivity index (χ3v) is 4.95. The van der Waals surface area contributed by atoms with Crippen LogP contribution in [0.25, 0.3) is 11.5 Å². The number of nitrogens with one attached hydrogen (secondary N) is 1. The zero-order valence-corrected chi connectivity index (χ0v) is 15.0. The number of nitrogens with zero attached hydrogens (tertiary/aromatic N) is 2. The number of rotatable bonds is 5. The molecule has 27 heavy (non-hydrogen) atoms. The number of carbonyl (C=O) groups excluding carboxylic acids is 2. The molecule has 1 saturated heterocycles. The predicted molar refractivity (Wildman–Crippen MR) is 97.1 cm³/mol. The van der Waals surface area contributed by atoms with E-state index in [0.717, 1.165) is 19.6 Å². The molecule has 0 radical (unpaired) electrons. The van der Waals surface area contributed by atoms with Crippen molar-refractivity contribution in [2.45, 2.75) is 19.8 Å². The van der Waals surface area contributed by atoms with Gasteiger partial charge in [0.1, 0.15) is 5.82 Å². The largest absolute Gasteiger partial charge is 0.432 e. The number of carbonyl (C=O) groups is 2. The summed E-state index contributed by atoms with van der Waals surface area (Å²) < 4.78 is 19.3. The second kappa shape index (κ2) is 7.08. The summed E-state index contributed by atoms with van der Waals surface area (Å²) in [5, 5.41) is 3.04. The molecule has 6 nitrogen and oxygen atoms in total. The Morgan fingerprint density at radius 3 is 2.78 bits per heavy atom. The van der Waals surface area contributed by atoms with Crippen LogP contribution in [0.2, 0.25) is 0 Å². The number of allylic oxidation sites excluding steroid dienone is 2. The summed E-state index contributed by atoms with van der Waals surface area (Å²) in [7, 11) is 0. The van der Waals surface area contributed by atoms with Gasteiger partial charge in [-0.2, -0.15) is 0 Å². The first-order valence-corrected chi connectivity index (χ1v) is 9.07. The molecule has 0 unspecified atom stereocenters. The van der Waals surface area contributed by atoms with E-state index in [2.05, 4.69) is 15.2 Å². The molecule has 1 aliphatic carbocycles. The van der Waals surface area contributed by atoms with Crippen LogP contribution in [0.3, 0.4) is 0 Å². The van der Waals surface area contributed by atoms with E-state index in [1.165, 1.54) is 25.0 Å². The minimum atomic E-state index is -0.405. The van der Waals surface area contributed by atoms with Crippen molar-refractivity contribution in [2.24, 2.45) is 0 Å². The monoisotopic (exact) mass is 369 g/mol. The van der Waals surface area contributed by atoms with Crippen molar-refractivity contribution in [2.75, 3.05) is 26.2 Å². The van der Waals surface area contributed by atoms with Gasteiger partial charge in [0.05, 0.1) is 5.70 Å². The Balaban J connectivity index is 1.52. The lowest BCUT2D eigenvalue weighted by Gasteiger charge is -2.17. The van der Waals surface area contributed by atoms with Gasteiger partial charge in [0.25, 0.3) is 0 Å². The van der Waals surface area contributed by atoms with Gasteiger partial charge < -0.3 is 14.6 Å². The Labute approximate surface area is 156 Å².